The Balaban J connectivity index is 1.52. The monoisotopic (exact) mass is 396 g/mol. The van der Waals surface area contributed by atoms with E-state index < -0.39 is 4.92 Å². The van der Waals surface area contributed by atoms with Gasteiger partial charge in [-0.05, 0) is 31.2 Å². The molecule has 1 N–H and O–H groups in total. The highest BCUT2D eigenvalue weighted by atomic mass is 16.6. The zero-order valence-electron chi connectivity index (χ0n) is 15.8. The molecule has 0 unspecified atom stereocenters. The van der Waals surface area contributed by atoms with E-state index in [1.807, 2.05) is 30.3 Å². The summed E-state index contributed by atoms with van der Waals surface area (Å²) in [4.78, 5) is 22.5. The van der Waals surface area contributed by atoms with Gasteiger partial charge in [-0.2, -0.15) is 5.10 Å². The van der Waals surface area contributed by atoms with Crippen LogP contribution in [0.1, 0.15) is 5.69 Å². The Morgan fingerprint density at radius 1 is 1.14 bits per heavy atom. The Hall–Kier alpha value is -3.72. The number of ether oxygens (including phenoxy) is 2. The predicted octanol–water partition coefficient (Wildman–Crippen LogP) is 3.12. The summed E-state index contributed by atoms with van der Waals surface area (Å²) in [6.45, 7) is 2.25. The zero-order valence-corrected chi connectivity index (χ0v) is 15.8. The smallest absolute Gasteiger partial charge is 0.269 e. The second kappa shape index (κ2) is 9.47. The summed E-state index contributed by atoms with van der Waals surface area (Å²) in [6.07, 6.45) is 0. The number of nitro groups is 1. The van der Waals surface area contributed by atoms with Gasteiger partial charge >= 0.3 is 0 Å². The molecule has 0 aliphatic rings. The number of benzene rings is 2. The summed E-state index contributed by atoms with van der Waals surface area (Å²) in [5.74, 6) is 0.848. The van der Waals surface area contributed by atoms with E-state index in [4.69, 9.17) is 9.47 Å². The minimum absolute atomic E-state index is 0.0191. The van der Waals surface area contributed by atoms with Gasteiger partial charge in [0.1, 0.15) is 24.8 Å². The molecule has 1 aromatic heterocycles. The largest absolute Gasteiger partial charge is 0.491 e. The fourth-order valence-electron chi connectivity index (χ4n) is 2.58. The molecule has 0 atom stereocenters. The van der Waals surface area contributed by atoms with Gasteiger partial charge < -0.3 is 14.8 Å². The summed E-state index contributed by atoms with van der Waals surface area (Å²) in [6, 6.07) is 16.9. The third-order valence-corrected chi connectivity index (χ3v) is 3.88. The molecule has 2 aromatic carbocycles. The molecular weight excluding hydrogens is 376 g/mol. The zero-order chi connectivity index (χ0) is 20.6. The highest BCUT2D eigenvalue weighted by molar-refractivity contribution is 5.91. The molecule has 29 heavy (non-hydrogen) atoms. The number of non-ortho nitro benzene ring substituents is 1. The summed E-state index contributed by atoms with van der Waals surface area (Å²) in [5.41, 5.74) is 1.27. The fraction of sp³-hybridized carbons (Fsp3) is 0.200. The molecule has 0 aliphatic carbocycles. The lowest BCUT2D eigenvalue weighted by Crippen LogP contribution is -2.21. The number of aromatic nitrogens is 2. The molecule has 3 rings (SSSR count). The minimum atomic E-state index is -0.473. The lowest BCUT2D eigenvalue weighted by Gasteiger charge is -2.10. The number of aryl methyl sites for hydroxylation is 1. The topological polar surface area (TPSA) is 109 Å². The van der Waals surface area contributed by atoms with Crippen molar-refractivity contribution in [2.24, 2.45) is 0 Å². The van der Waals surface area contributed by atoms with Crippen molar-refractivity contribution in [1.82, 2.24) is 9.78 Å². The number of rotatable bonds is 9. The molecule has 150 valence electrons. The van der Waals surface area contributed by atoms with Crippen LogP contribution in [0.4, 0.5) is 11.5 Å². The van der Waals surface area contributed by atoms with Gasteiger partial charge in [-0.25, -0.2) is 4.68 Å². The Labute approximate surface area is 167 Å². The molecule has 0 bridgehead atoms. The summed E-state index contributed by atoms with van der Waals surface area (Å²) < 4.78 is 12.3. The van der Waals surface area contributed by atoms with Crippen molar-refractivity contribution < 1.29 is 19.2 Å². The van der Waals surface area contributed by atoms with Gasteiger partial charge in [0.2, 0.25) is 0 Å². The van der Waals surface area contributed by atoms with Gasteiger partial charge in [-0.15, -0.1) is 0 Å². The van der Waals surface area contributed by atoms with Gasteiger partial charge in [-0.1, -0.05) is 18.2 Å². The van der Waals surface area contributed by atoms with Gasteiger partial charge in [0, 0.05) is 18.2 Å². The first-order chi connectivity index (χ1) is 14.0. The third-order valence-electron chi connectivity index (χ3n) is 3.88. The number of hydrogen-bond acceptors (Lipinski definition) is 6. The summed E-state index contributed by atoms with van der Waals surface area (Å²) in [5, 5.41) is 17.9. The predicted molar refractivity (Wildman–Crippen MR) is 106 cm³/mol. The maximum atomic E-state index is 12.2. The molecule has 0 radical (unpaired) electrons. The van der Waals surface area contributed by atoms with Gasteiger partial charge in [0.15, 0.2) is 0 Å². The average Bonchev–Trinajstić information content (AvgIpc) is 3.08. The van der Waals surface area contributed by atoms with Crippen molar-refractivity contribution >= 4 is 17.4 Å². The Kier molecular flexibility index (Phi) is 6.54. The van der Waals surface area contributed by atoms with Crippen molar-refractivity contribution in [2.45, 2.75) is 6.92 Å². The Morgan fingerprint density at radius 2 is 1.86 bits per heavy atom. The molecule has 0 fully saturated rings. The normalized spacial score (nSPS) is 10.5. The van der Waals surface area contributed by atoms with Crippen LogP contribution in [0.15, 0.2) is 60.7 Å². The highest BCUT2D eigenvalue weighted by Crippen LogP contribution is 2.20. The molecule has 0 aliphatic heterocycles. The van der Waals surface area contributed by atoms with Crippen molar-refractivity contribution in [2.75, 3.05) is 25.1 Å². The molecular formula is C20H20N4O5. The van der Waals surface area contributed by atoms with E-state index in [0.717, 1.165) is 5.75 Å². The SMILES string of the molecule is Cc1cc(NC(=O)COCCOc2ccccc2)n(-c2ccc([N+](=O)[O-])cc2)n1. The second-order valence-electron chi connectivity index (χ2n) is 6.12. The van der Waals surface area contributed by atoms with E-state index in [1.165, 1.54) is 16.8 Å². The number of nitro benzene ring substituents is 1. The first-order valence-corrected chi connectivity index (χ1v) is 8.90. The number of amides is 1. The molecule has 1 heterocycles. The van der Waals surface area contributed by atoms with Crippen LogP contribution in [0, 0.1) is 17.0 Å². The Bertz CT molecular complexity index is 970. The lowest BCUT2D eigenvalue weighted by molar-refractivity contribution is -0.384. The van der Waals surface area contributed by atoms with Gasteiger partial charge in [-0.3, -0.25) is 14.9 Å². The Morgan fingerprint density at radius 3 is 2.55 bits per heavy atom. The van der Waals surface area contributed by atoms with Crippen LogP contribution < -0.4 is 10.1 Å². The van der Waals surface area contributed by atoms with Crippen molar-refractivity contribution in [3.63, 3.8) is 0 Å². The minimum Gasteiger partial charge on any atom is -0.491 e. The van der Waals surface area contributed by atoms with Gasteiger partial charge in [0.05, 0.1) is 22.9 Å². The van der Waals surface area contributed by atoms with Crippen LogP contribution in [-0.4, -0.2) is 40.4 Å². The molecule has 1 amide bonds. The first-order valence-electron chi connectivity index (χ1n) is 8.90. The summed E-state index contributed by atoms with van der Waals surface area (Å²) >= 11 is 0. The van der Waals surface area contributed by atoms with Crippen LogP contribution in [-0.2, 0) is 9.53 Å². The van der Waals surface area contributed by atoms with Crippen molar-refractivity contribution in [3.8, 4) is 11.4 Å². The standard InChI is InChI=1S/C20H20N4O5/c1-15-13-19(23(22-15)16-7-9-17(10-8-16)24(26)27)21-20(25)14-28-11-12-29-18-5-3-2-4-6-18/h2-10,13H,11-12,14H2,1H3,(H,21,25). The lowest BCUT2D eigenvalue weighted by atomic mass is 10.3. The van der Waals surface area contributed by atoms with Crippen LogP contribution in [0.5, 0.6) is 5.75 Å². The van der Waals surface area contributed by atoms with E-state index in [1.54, 1.807) is 25.1 Å². The molecule has 0 saturated heterocycles. The first kappa shape index (κ1) is 20.0. The van der Waals surface area contributed by atoms with E-state index in [-0.39, 0.29) is 24.8 Å². The second-order valence-corrected chi connectivity index (χ2v) is 6.12. The molecule has 9 heteroatoms. The highest BCUT2D eigenvalue weighted by Gasteiger charge is 2.12. The number of nitrogens with one attached hydrogen (secondary N) is 1. The number of carbonyl (C=O) groups is 1. The van der Waals surface area contributed by atoms with E-state index in [0.29, 0.717) is 23.8 Å². The van der Waals surface area contributed by atoms with Crippen LogP contribution in [0.3, 0.4) is 0 Å². The van der Waals surface area contributed by atoms with E-state index in [9.17, 15) is 14.9 Å². The van der Waals surface area contributed by atoms with Crippen LogP contribution in [0.25, 0.3) is 5.69 Å². The molecule has 3 aromatic rings. The third kappa shape index (κ3) is 5.63. The average molecular weight is 396 g/mol. The number of para-hydroxylation sites is 1. The number of carbonyl (C=O) groups excluding carboxylic acids is 1. The maximum Gasteiger partial charge on any atom is 0.269 e. The van der Waals surface area contributed by atoms with Crippen LogP contribution >= 0.6 is 0 Å². The van der Waals surface area contributed by atoms with E-state index >= 15 is 0 Å². The molecule has 9 nitrogen and oxygen atoms in total. The summed E-state index contributed by atoms with van der Waals surface area (Å²) in [7, 11) is 0. The van der Waals surface area contributed by atoms with Gasteiger partial charge in [0.25, 0.3) is 11.6 Å². The molecule has 0 spiro atoms. The van der Waals surface area contributed by atoms with E-state index in [2.05, 4.69) is 10.4 Å². The molecule has 0 saturated carbocycles. The number of anilines is 1. The number of nitrogens with zero attached hydrogens (tertiary/aromatic N) is 3. The fourth-order valence-corrected chi connectivity index (χ4v) is 2.58. The van der Waals surface area contributed by atoms with Crippen molar-refractivity contribution in [3.05, 3.63) is 76.5 Å². The van der Waals surface area contributed by atoms with Crippen LogP contribution in [0.2, 0.25) is 0 Å². The maximum absolute atomic E-state index is 12.2. The van der Waals surface area contributed by atoms with Crippen molar-refractivity contribution in [1.29, 1.82) is 0 Å². The number of hydrogen-bond donors (Lipinski definition) is 1. The quantitative estimate of drug-likeness (QED) is 0.338.